The number of piperazine rings is 1. The molecular formula is C12H21N3O. The molecule has 1 fully saturated rings. The van der Waals surface area contributed by atoms with Crippen LogP contribution in [-0.4, -0.2) is 61.0 Å². The normalized spacial score (nSPS) is 18.2. The van der Waals surface area contributed by atoms with Gasteiger partial charge >= 0.3 is 0 Å². The molecule has 1 N–H and O–H groups in total. The van der Waals surface area contributed by atoms with Gasteiger partial charge in [-0.25, -0.2) is 0 Å². The molecule has 0 saturated carbocycles. The van der Waals surface area contributed by atoms with Gasteiger partial charge in [-0.3, -0.25) is 10.1 Å². The Morgan fingerprint density at radius 2 is 1.94 bits per heavy atom. The highest BCUT2D eigenvalue weighted by molar-refractivity contribution is 5.78. The van der Waals surface area contributed by atoms with Gasteiger partial charge in [0.25, 0.3) is 0 Å². The number of hydrogen-bond acceptors (Lipinski definition) is 3. The van der Waals surface area contributed by atoms with Gasteiger partial charge in [-0.1, -0.05) is 5.92 Å². The molecule has 0 aromatic carbocycles. The molecule has 0 atom stereocenters. The number of amides is 1. The Kier molecular flexibility index (Phi) is 4.34. The third kappa shape index (κ3) is 3.84. The molecule has 1 saturated heterocycles. The van der Waals surface area contributed by atoms with E-state index < -0.39 is 5.54 Å². The minimum absolute atomic E-state index is 0.136. The molecule has 16 heavy (non-hydrogen) atoms. The summed E-state index contributed by atoms with van der Waals surface area (Å²) in [5.41, 5.74) is -0.414. The smallest absolute Gasteiger partial charge is 0.236 e. The van der Waals surface area contributed by atoms with Gasteiger partial charge in [0.05, 0.1) is 12.1 Å². The molecule has 90 valence electrons. The first-order valence-corrected chi connectivity index (χ1v) is 5.64. The van der Waals surface area contributed by atoms with E-state index in [9.17, 15) is 4.79 Å². The van der Waals surface area contributed by atoms with E-state index in [1.54, 1.807) is 0 Å². The molecule has 0 bridgehead atoms. The van der Waals surface area contributed by atoms with Gasteiger partial charge in [-0.15, -0.1) is 6.42 Å². The van der Waals surface area contributed by atoms with Gasteiger partial charge in [0.15, 0.2) is 0 Å². The zero-order valence-corrected chi connectivity index (χ0v) is 10.4. The summed E-state index contributed by atoms with van der Waals surface area (Å²) >= 11 is 0. The van der Waals surface area contributed by atoms with E-state index in [1.165, 1.54) is 0 Å². The average molecular weight is 223 g/mol. The Labute approximate surface area is 98.0 Å². The maximum Gasteiger partial charge on any atom is 0.236 e. The molecule has 4 heteroatoms. The standard InChI is InChI=1S/C12H21N3O/c1-5-12(2,3)13-10-11(16)15-8-6-14(4)7-9-15/h1,13H,6-10H2,2-4H3. The van der Waals surface area contributed by atoms with Gasteiger partial charge in [0, 0.05) is 26.2 Å². The van der Waals surface area contributed by atoms with Crippen molar-refractivity contribution in [2.24, 2.45) is 0 Å². The lowest BCUT2D eigenvalue weighted by molar-refractivity contribution is -0.132. The van der Waals surface area contributed by atoms with Gasteiger partial charge < -0.3 is 9.80 Å². The Balaban J connectivity index is 2.34. The van der Waals surface area contributed by atoms with Crippen molar-refractivity contribution in [2.75, 3.05) is 39.8 Å². The van der Waals surface area contributed by atoms with E-state index >= 15 is 0 Å². The number of carbonyl (C=O) groups is 1. The summed E-state index contributed by atoms with van der Waals surface area (Å²) in [6, 6.07) is 0. The van der Waals surface area contributed by atoms with E-state index in [0.29, 0.717) is 6.54 Å². The van der Waals surface area contributed by atoms with Crippen LogP contribution < -0.4 is 5.32 Å². The second-order valence-corrected chi connectivity index (χ2v) is 4.81. The summed E-state index contributed by atoms with van der Waals surface area (Å²) in [7, 11) is 2.07. The lowest BCUT2D eigenvalue weighted by atomic mass is 10.1. The lowest BCUT2D eigenvalue weighted by Gasteiger charge is -2.33. The van der Waals surface area contributed by atoms with Crippen molar-refractivity contribution in [3.8, 4) is 12.3 Å². The van der Waals surface area contributed by atoms with Crippen LogP contribution in [0.5, 0.6) is 0 Å². The molecule has 0 radical (unpaired) electrons. The summed E-state index contributed by atoms with van der Waals surface area (Å²) in [5.74, 6) is 2.75. The number of likely N-dealkylation sites (N-methyl/N-ethyl adjacent to an activating group) is 1. The molecule has 0 aromatic rings. The van der Waals surface area contributed by atoms with Crippen LogP contribution in [0.4, 0.5) is 0 Å². The zero-order valence-electron chi connectivity index (χ0n) is 10.4. The van der Waals surface area contributed by atoms with E-state index in [4.69, 9.17) is 6.42 Å². The van der Waals surface area contributed by atoms with Crippen molar-refractivity contribution in [1.29, 1.82) is 0 Å². The van der Waals surface area contributed by atoms with Crippen molar-refractivity contribution in [1.82, 2.24) is 15.1 Å². The third-order valence-electron chi connectivity index (χ3n) is 2.90. The highest BCUT2D eigenvalue weighted by Crippen LogP contribution is 2.01. The Morgan fingerprint density at radius 3 is 2.44 bits per heavy atom. The van der Waals surface area contributed by atoms with Gasteiger partial charge in [-0.05, 0) is 20.9 Å². The second kappa shape index (κ2) is 5.33. The highest BCUT2D eigenvalue weighted by atomic mass is 16.2. The van der Waals surface area contributed by atoms with E-state index in [-0.39, 0.29) is 5.91 Å². The molecule has 4 nitrogen and oxygen atoms in total. The number of carbonyl (C=O) groups excluding carboxylic acids is 1. The molecule has 0 unspecified atom stereocenters. The first-order valence-electron chi connectivity index (χ1n) is 5.64. The predicted octanol–water partition coefficient (Wildman–Crippen LogP) is -0.238. The van der Waals surface area contributed by atoms with Crippen LogP contribution in [0.2, 0.25) is 0 Å². The summed E-state index contributed by atoms with van der Waals surface area (Å²) in [6.07, 6.45) is 5.35. The number of rotatable bonds is 3. The molecule has 1 heterocycles. The van der Waals surface area contributed by atoms with Crippen LogP contribution >= 0.6 is 0 Å². The summed E-state index contributed by atoms with van der Waals surface area (Å²) in [6.45, 7) is 7.63. The van der Waals surface area contributed by atoms with Crippen molar-refractivity contribution in [2.45, 2.75) is 19.4 Å². The molecular weight excluding hydrogens is 202 g/mol. The molecule has 1 rings (SSSR count). The minimum Gasteiger partial charge on any atom is -0.339 e. The largest absolute Gasteiger partial charge is 0.339 e. The van der Waals surface area contributed by atoms with Gasteiger partial charge in [0.2, 0.25) is 5.91 Å². The zero-order chi connectivity index (χ0) is 12.2. The van der Waals surface area contributed by atoms with E-state index in [2.05, 4.69) is 23.2 Å². The molecule has 0 spiro atoms. The number of hydrogen-bond donors (Lipinski definition) is 1. The van der Waals surface area contributed by atoms with Crippen LogP contribution in [0.3, 0.4) is 0 Å². The molecule has 1 aliphatic heterocycles. The van der Waals surface area contributed by atoms with Crippen molar-refractivity contribution >= 4 is 5.91 Å². The van der Waals surface area contributed by atoms with Crippen molar-refractivity contribution in [3.05, 3.63) is 0 Å². The maximum absolute atomic E-state index is 11.8. The Bertz CT molecular complexity index is 285. The lowest BCUT2D eigenvalue weighted by Crippen LogP contribution is -2.51. The topological polar surface area (TPSA) is 35.6 Å². The highest BCUT2D eigenvalue weighted by Gasteiger charge is 2.21. The van der Waals surface area contributed by atoms with Crippen molar-refractivity contribution in [3.63, 3.8) is 0 Å². The van der Waals surface area contributed by atoms with Crippen LogP contribution in [0, 0.1) is 12.3 Å². The second-order valence-electron chi connectivity index (χ2n) is 4.81. The SMILES string of the molecule is C#CC(C)(C)NCC(=O)N1CCN(C)CC1. The first kappa shape index (κ1) is 13.0. The third-order valence-corrected chi connectivity index (χ3v) is 2.90. The first-order chi connectivity index (χ1) is 7.44. The minimum atomic E-state index is -0.414. The van der Waals surface area contributed by atoms with Crippen LogP contribution in [0.15, 0.2) is 0 Å². The maximum atomic E-state index is 11.8. The fourth-order valence-corrected chi connectivity index (χ4v) is 1.52. The molecule has 1 amide bonds. The summed E-state index contributed by atoms with van der Waals surface area (Å²) in [4.78, 5) is 16.0. The quantitative estimate of drug-likeness (QED) is 0.671. The Morgan fingerprint density at radius 1 is 1.38 bits per heavy atom. The number of nitrogens with one attached hydrogen (secondary N) is 1. The summed E-state index contributed by atoms with van der Waals surface area (Å²) < 4.78 is 0. The van der Waals surface area contributed by atoms with Gasteiger partial charge in [-0.2, -0.15) is 0 Å². The monoisotopic (exact) mass is 223 g/mol. The fourth-order valence-electron chi connectivity index (χ4n) is 1.52. The molecule has 0 aliphatic carbocycles. The average Bonchev–Trinajstić information content (AvgIpc) is 2.27. The van der Waals surface area contributed by atoms with Crippen LogP contribution in [0.25, 0.3) is 0 Å². The molecule has 0 aromatic heterocycles. The predicted molar refractivity (Wildman–Crippen MR) is 65.0 cm³/mol. The van der Waals surface area contributed by atoms with Crippen molar-refractivity contribution < 1.29 is 4.79 Å². The van der Waals surface area contributed by atoms with E-state index in [1.807, 2.05) is 18.7 Å². The number of nitrogens with zero attached hydrogens (tertiary/aromatic N) is 2. The molecule has 1 aliphatic rings. The summed E-state index contributed by atoms with van der Waals surface area (Å²) in [5, 5.41) is 3.08. The Hall–Kier alpha value is -1.05. The van der Waals surface area contributed by atoms with Crippen LogP contribution in [-0.2, 0) is 4.79 Å². The number of terminal acetylenes is 1. The van der Waals surface area contributed by atoms with Crippen LogP contribution in [0.1, 0.15) is 13.8 Å². The van der Waals surface area contributed by atoms with E-state index in [0.717, 1.165) is 26.2 Å². The fraction of sp³-hybridized carbons (Fsp3) is 0.750. The van der Waals surface area contributed by atoms with Gasteiger partial charge in [0.1, 0.15) is 0 Å².